The van der Waals surface area contributed by atoms with E-state index in [1.165, 1.54) is 16.9 Å². The van der Waals surface area contributed by atoms with Gasteiger partial charge in [0, 0.05) is 10.4 Å². The Balaban J connectivity index is 1.50. The van der Waals surface area contributed by atoms with Crippen LogP contribution in [0.25, 0.3) is 10.4 Å². The fraction of sp³-hybridized carbons (Fsp3) is 0.280. The molecule has 0 N–H and O–H groups in total. The first kappa shape index (κ1) is 20.4. The van der Waals surface area contributed by atoms with Crippen molar-refractivity contribution >= 4 is 23.1 Å². The Bertz CT molecular complexity index is 1160. The number of hydrogen-bond donors (Lipinski definition) is 0. The highest BCUT2D eigenvalue weighted by atomic mass is 32.1. The molecule has 1 heterocycles. The highest BCUT2D eigenvalue weighted by Gasteiger charge is 2.23. The largest absolute Gasteiger partial charge is 0.497 e. The molecule has 154 valence electrons. The minimum absolute atomic E-state index is 0.178. The molecule has 0 amide bonds. The molecule has 1 aliphatic rings. The van der Waals surface area contributed by atoms with Crippen LogP contribution in [0.2, 0.25) is 0 Å². The van der Waals surface area contributed by atoms with Crippen molar-refractivity contribution in [3.8, 4) is 16.2 Å². The van der Waals surface area contributed by atoms with Crippen molar-refractivity contribution in [2.45, 2.75) is 33.6 Å². The van der Waals surface area contributed by atoms with E-state index in [-0.39, 0.29) is 12.4 Å². The zero-order chi connectivity index (χ0) is 21.4. The van der Waals surface area contributed by atoms with Crippen LogP contribution in [0.3, 0.4) is 0 Å². The summed E-state index contributed by atoms with van der Waals surface area (Å²) in [5, 5.41) is 0. The van der Waals surface area contributed by atoms with Crippen molar-refractivity contribution in [3.63, 3.8) is 0 Å². The molecule has 3 aromatic rings. The molecule has 4 nitrogen and oxygen atoms in total. The van der Waals surface area contributed by atoms with Crippen molar-refractivity contribution in [3.05, 3.63) is 74.7 Å². The van der Waals surface area contributed by atoms with Gasteiger partial charge in [0.05, 0.1) is 7.11 Å². The molecule has 0 atom stereocenters. The summed E-state index contributed by atoms with van der Waals surface area (Å²) in [4.78, 5) is 26.9. The van der Waals surface area contributed by atoms with Crippen molar-refractivity contribution in [2.24, 2.45) is 0 Å². The van der Waals surface area contributed by atoms with Crippen LogP contribution in [0.15, 0.2) is 36.4 Å². The molecule has 2 aromatic carbocycles. The standard InChI is InChI=1S/C25H24O4S/c1-14-9-16(3)21(10-15(14)2)22(26)13-29-25(27)23-12-18-6-5-17-11-19(28-4)7-8-20(17)24(18)30-23/h7-12H,5-6,13H2,1-4H3. The molecule has 0 radical (unpaired) electrons. The third-order valence-corrected chi connectivity index (χ3v) is 6.90. The first-order chi connectivity index (χ1) is 14.4. The van der Waals surface area contributed by atoms with Crippen LogP contribution < -0.4 is 4.74 Å². The van der Waals surface area contributed by atoms with Crippen molar-refractivity contribution in [2.75, 3.05) is 13.7 Å². The zero-order valence-corrected chi connectivity index (χ0v) is 18.4. The number of Topliss-reactive ketones (excluding diaryl/α,β-unsaturated/α-hetero) is 1. The third-order valence-electron chi connectivity index (χ3n) is 5.71. The van der Waals surface area contributed by atoms with Gasteiger partial charge in [-0.25, -0.2) is 4.79 Å². The summed E-state index contributed by atoms with van der Waals surface area (Å²) in [5.74, 6) is 0.218. The number of thiophene rings is 1. The molecule has 1 aliphatic carbocycles. The normalized spacial score (nSPS) is 12.1. The SMILES string of the molecule is COc1ccc2c(c1)CCc1cc(C(=O)OCC(=O)c3cc(C)c(C)cc3C)sc1-2. The summed E-state index contributed by atoms with van der Waals surface area (Å²) >= 11 is 1.43. The van der Waals surface area contributed by atoms with Crippen LogP contribution in [0.4, 0.5) is 0 Å². The number of aryl methyl sites for hydroxylation is 5. The molecule has 5 heteroatoms. The second-order valence-corrected chi connectivity index (χ2v) is 8.79. The average molecular weight is 421 g/mol. The smallest absolute Gasteiger partial charge is 0.348 e. The Morgan fingerprint density at radius 1 is 0.933 bits per heavy atom. The minimum atomic E-state index is -0.445. The Hall–Kier alpha value is -2.92. The van der Waals surface area contributed by atoms with Gasteiger partial charge in [0.1, 0.15) is 10.6 Å². The Morgan fingerprint density at radius 3 is 2.43 bits per heavy atom. The topological polar surface area (TPSA) is 52.6 Å². The first-order valence-corrected chi connectivity index (χ1v) is 10.8. The van der Waals surface area contributed by atoms with Gasteiger partial charge < -0.3 is 9.47 Å². The van der Waals surface area contributed by atoms with Crippen LogP contribution in [0.5, 0.6) is 5.75 Å². The molecular weight excluding hydrogens is 396 g/mol. The van der Waals surface area contributed by atoms with Gasteiger partial charge in [0.25, 0.3) is 0 Å². The maximum absolute atomic E-state index is 12.6. The average Bonchev–Trinajstić information content (AvgIpc) is 3.18. The van der Waals surface area contributed by atoms with E-state index in [0.29, 0.717) is 10.4 Å². The second kappa shape index (κ2) is 8.07. The maximum atomic E-state index is 12.6. The monoisotopic (exact) mass is 420 g/mol. The Kier molecular flexibility index (Phi) is 5.48. The van der Waals surface area contributed by atoms with Crippen LogP contribution >= 0.6 is 11.3 Å². The van der Waals surface area contributed by atoms with Crippen LogP contribution in [-0.2, 0) is 17.6 Å². The third kappa shape index (κ3) is 3.77. The minimum Gasteiger partial charge on any atom is -0.497 e. The summed E-state index contributed by atoms with van der Waals surface area (Å²) in [6.45, 7) is 5.64. The molecule has 1 aromatic heterocycles. The van der Waals surface area contributed by atoms with Gasteiger partial charge in [0.15, 0.2) is 6.61 Å². The Labute approximate surface area is 180 Å². The van der Waals surface area contributed by atoms with Crippen LogP contribution in [0.1, 0.15) is 47.8 Å². The quantitative estimate of drug-likeness (QED) is 0.405. The second-order valence-electron chi connectivity index (χ2n) is 7.74. The summed E-state index contributed by atoms with van der Waals surface area (Å²) in [6.07, 6.45) is 1.79. The van der Waals surface area contributed by atoms with E-state index < -0.39 is 5.97 Å². The van der Waals surface area contributed by atoms with E-state index in [1.54, 1.807) is 7.11 Å². The molecule has 0 spiro atoms. The lowest BCUT2D eigenvalue weighted by molar-refractivity contribution is 0.0479. The predicted octanol–water partition coefficient (Wildman–Crippen LogP) is 5.49. The van der Waals surface area contributed by atoms with E-state index >= 15 is 0 Å². The maximum Gasteiger partial charge on any atom is 0.348 e. The number of fused-ring (bicyclic) bond motifs is 3. The number of methoxy groups -OCH3 is 1. The zero-order valence-electron chi connectivity index (χ0n) is 17.6. The molecule has 4 rings (SSSR count). The summed E-state index contributed by atoms with van der Waals surface area (Å²) in [5.41, 5.74) is 7.23. The van der Waals surface area contributed by atoms with Crippen molar-refractivity contribution < 1.29 is 19.1 Å². The lowest BCUT2D eigenvalue weighted by atomic mass is 9.91. The van der Waals surface area contributed by atoms with E-state index in [4.69, 9.17) is 9.47 Å². The Morgan fingerprint density at radius 2 is 1.67 bits per heavy atom. The molecule has 0 saturated heterocycles. The van der Waals surface area contributed by atoms with Gasteiger partial charge in [-0.15, -0.1) is 11.3 Å². The molecule has 0 unspecified atom stereocenters. The first-order valence-electron chi connectivity index (χ1n) is 9.95. The lowest BCUT2D eigenvalue weighted by Gasteiger charge is -2.16. The number of esters is 1. The van der Waals surface area contributed by atoms with Gasteiger partial charge in [-0.1, -0.05) is 6.07 Å². The summed E-state index contributed by atoms with van der Waals surface area (Å²) in [7, 11) is 1.66. The van der Waals surface area contributed by atoms with Crippen LogP contribution in [0, 0.1) is 20.8 Å². The molecule has 0 fully saturated rings. The summed E-state index contributed by atoms with van der Waals surface area (Å²) in [6, 6.07) is 11.8. The number of ketones is 1. The lowest BCUT2D eigenvalue weighted by Crippen LogP contribution is -2.15. The van der Waals surface area contributed by atoms with E-state index in [2.05, 4.69) is 6.07 Å². The van der Waals surface area contributed by atoms with Gasteiger partial charge in [-0.3, -0.25) is 4.79 Å². The highest BCUT2D eigenvalue weighted by molar-refractivity contribution is 7.17. The van der Waals surface area contributed by atoms with Crippen molar-refractivity contribution in [1.82, 2.24) is 0 Å². The van der Waals surface area contributed by atoms with Gasteiger partial charge in [-0.2, -0.15) is 0 Å². The molecular formula is C25H24O4S. The van der Waals surface area contributed by atoms with Gasteiger partial charge >= 0.3 is 5.97 Å². The number of rotatable bonds is 5. The fourth-order valence-electron chi connectivity index (χ4n) is 3.88. The number of ether oxygens (including phenoxy) is 2. The highest BCUT2D eigenvalue weighted by Crippen LogP contribution is 2.41. The van der Waals surface area contributed by atoms with Crippen molar-refractivity contribution in [1.29, 1.82) is 0 Å². The number of benzene rings is 2. The number of carbonyl (C=O) groups is 2. The molecule has 0 bridgehead atoms. The number of carbonyl (C=O) groups excluding carboxylic acids is 2. The predicted molar refractivity (Wildman–Crippen MR) is 119 cm³/mol. The van der Waals surface area contributed by atoms with Crippen LogP contribution in [-0.4, -0.2) is 25.5 Å². The summed E-state index contributed by atoms with van der Waals surface area (Å²) < 4.78 is 10.7. The fourth-order valence-corrected chi connectivity index (χ4v) is 5.04. The van der Waals surface area contributed by atoms with E-state index in [1.807, 2.05) is 51.1 Å². The molecule has 0 aliphatic heterocycles. The van der Waals surface area contributed by atoms with E-state index in [9.17, 15) is 9.59 Å². The molecule has 0 saturated carbocycles. The van der Waals surface area contributed by atoms with Gasteiger partial charge in [-0.05, 0) is 97.3 Å². The molecule has 30 heavy (non-hydrogen) atoms. The van der Waals surface area contributed by atoms with E-state index in [0.717, 1.165) is 51.3 Å². The number of hydrogen-bond acceptors (Lipinski definition) is 5. The van der Waals surface area contributed by atoms with Gasteiger partial charge in [0.2, 0.25) is 5.78 Å².